The molecule has 2 aromatic rings. The highest BCUT2D eigenvalue weighted by Gasteiger charge is 2.41. The molecule has 8 heteroatoms. The van der Waals surface area contributed by atoms with Crippen molar-refractivity contribution in [3.05, 3.63) is 70.3 Å². The fourth-order valence-corrected chi connectivity index (χ4v) is 4.31. The molecule has 2 aromatic carbocycles. The SMILES string of the molecule is CC1(C)Oc2ccc(C#N)cc2C(N2Cc3ccccc3C2=O)=C1CNS(C)(=O)=O. The van der Waals surface area contributed by atoms with Crippen molar-refractivity contribution >= 4 is 21.6 Å². The van der Waals surface area contributed by atoms with Crippen molar-refractivity contribution in [3.63, 3.8) is 0 Å². The maximum atomic E-state index is 13.3. The van der Waals surface area contributed by atoms with E-state index < -0.39 is 15.6 Å². The number of carbonyl (C=O) groups is 1. The Morgan fingerprint density at radius 3 is 2.60 bits per heavy atom. The third-order valence-electron chi connectivity index (χ3n) is 5.34. The number of nitrogens with one attached hydrogen (secondary N) is 1. The lowest BCUT2D eigenvalue weighted by Crippen LogP contribution is -2.43. The number of benzene rings is 2. The molecule has 1 amide bonds. The number of fused-ring (bicyclic) bond motifs is 2. The summed E-state index contributed by atoms with van der Waals surface area (Å²) in [4.78, 5) is 14.9. The summed E-state index contributed by atoms with van der Waals surface area (Å²) in [6, 6.07) is 14.5. The molecule has 0 saturated heterocycles. The van der Waals surface area contributed by atoms with E-state index in [1.54, 1.807) is 29.2 Å². The molecule has 2 heterocycles. The molecule has 1 N–H and O–H groups in total. The predicted molar refractivity (Wildman–Crippen MR) is 112 cm³/mol. The Hall–Kier alpha value is -3.15. The van der Waals surface area contributed by atoms with Crippen LogP contribution in [0.4, 0.5) is 0 Å². The van der Waals surface area contributed by atoms with Gasteiger partial charge in [-0.2, -0.15) is 5.26 Å². The van der Waals surface area contributed by atoms with Crippen molar-refractivity contribution in [1.29, 1.82) is 5.26 Å². The van der Waals surface area contributed by atoms with Crippen LogP contribution < -0.4 is 9.46 Å². The third kappa shape index (κ3) is 3.47. The van der Waals surface area contributed by atoms with Gasteiger partial charge in [-0.3, -0.25) is 4.79 Å². The Morgan fingerprint density at radius 2 is 1.93 bits per heavy atom. The fraction of sp³-hybridized carbons (Fsp3) is 0.273. The number of amides is 1. The summed E-state index contributed by atoms with van der Waals surface area (Å²) in [5.74, 6) is 0.379. The van der Waals surface area contributed by atoms with Gasteiger partial charge in [0, 0.05) is 23.2 Å². The molecule has 7 nitrogen and oxygen atoms in total. The van der Waals surface area contributed by atoms with Crippen LogP contribution in [-0.2, 0) is 16.6 Å². The second-order valence-electron chi connectivity index (χ2n) is 7.90. The van der Waals surface area contributed by atoms with E-state index in [4.69, 9.17) is 4.74 Å². The van der Waals surface area contributed by atoms with Crippen molar-refractivity contribution in [1.82, 2.24) is 9.62 Å². The number of hydrogen-bond donors (Lipinski definition) is 1. The summed E-state index contributed by atoms with van der Waals surface area (Å²) in [7, 11) is -3.47. The zero-order valence-electron chi connectivity index (χ0n) is 16.9. The molecule has 154 valence electrons. The van der Waals surface area contributed by atoms with Gasteiger partial charge in [0.05, 0.1) is 30.1 Å². The fourth-order valence-electron chi connectivity index (χ4n) is 3.90. The molecule has 0 spiro atoms. The van der Waals surface area contributed by atoms with Crippen molar-refractivity contribution in [2.24, 2.45) is 0 Å². The number of nitrogens with zero attached hydrogens (tertiary/aromatic N) is 2. The minimum atomic E-state index is -3.47. The Morgan fingerprint density at radius 1 is 1.20 bits per heavy atom. The van der Waals surface area contributed by atoms with Gasteiger partial charge < -0.3 is 9.64 Å². The van der Waals surface area contributed by atoms with Gasteiger partial charge >= 0.3 is 0 Å². The normalized spacial score (nSPS) is 17.3. The van der Waals surface area contributed by atoms with E-state index in [-0.39, 0.29) is 12.5 Å². The van der Waals surface area contributed by atoms with E-state index >= 15 is 0 Å². The third-order valence-corrected chi connectivity index (χ3v) is 6.01. The molecule has 0 fully saturated rings. The first-order valence-electron chi connectivity index (χ1n) is 9.42. The van der Waals surface area contributed by atoms with E-state index in [0.717, 1.165) is 11.8 Å². The van der Waals surface area contributed by atoms with Crippen LogP contribution >= 0.6 is 0 Å². The first kappa shape index (κ1) is 20.1. The first-order chi connectivity index (χ1) is 14.1. The maximum absolute atomic E-state index is 13.3. The maximum Gasteiger partial charge on any atom is 0.258 e. The smallest absolute Gasteiger partial charge is 0.258 e. The second kappa shape index (κ2) is 6.97. The number of hydrogen-bond acceptors (Lipinski definition) is 5. The van der Waals surface area contributed by atoms with E-state index in [0.29, 0.717) is 40.3 Å². The molecular weight excluding hydrogens is 402 g/mol. The highest BCUT2D eigenvalue weighted by molar-refractivity contribution is 7.88. The predicted octanol–water partition coefficient (Wildman–Crippen LogP) is 2.65. The average molecular weight is 423 g/mol. The van der Waals surface area contributed by atoms with Crippen LogP contribution in [0.5, 0.6) is 5.75 Å². The summed E-state index contributed by atoms with van der Waals surface area (Å²) in [5, 5.41) is 9.38. The summed E-state index contributed by atoms with van der Waals surface area (Å²) in [6.45, 7) is 4.01. The number of rotatable bonds is 4. The van der Waals surface area contributed by atoms with Gasteiger partial charge in [-0.25, -0.2) is 13.1 Å². The largest absolute Gasteiger partial charge is 0.483 e. The van der Waals surface area contributed by atoms with Gasteiger partial charge in [0.15, 0.2) is 0 Å². The van der Waals surface area contributed by atoms with Gasteiger partial charge in [0.2, 0.25) is 10.0 Å². The molecule has 0 saturated carbocycles. The van der Waals surface area contributed by atoms with Crippen LogP contribution in [0.3, 0.4) is 0 Å². The van der Waals surface area contributed by atoms with E-state index in [2.05, 4.69) is 10.8 Å². The topological polar surface area (TPSA) is 99.5 Å². The summed E-state index contributed by atoms with van der Waals surface area (Å²) < 4.78 is 32.3. The average Bonchev–Trinajstić information content (AvgIpc) is 3.01. The van der Waals surface area contributed by atoms with Gasteiger partial charge in [-0.1, -0.05) is 18.2 Å². The van der Waals surface area contributed by atoms with Crippen LogP contribution in [0, 0.1) is 11.3 Å². The molecule has 0 unspecified atom stereocenters. The first-order valence-corrected chi connectivity index (χ1v) is 11.3. The molecule has 0 bridgehead atoms. The van der Waals surface area contributed by atoms with Gasteiger partial charge in [0.25, 0.3) is 5.91 Å². The molecule has 2 aliphatic heterocycles. The number of ether oxygens (including phenoxy) is 1. The summed E-state index contributed by atoms with van der Waals surface area (Å²) in [5.41, 5.74) is 2.86. The Balaban J connectivity index is 1.94. The summed E-state index contributed by atoms with van der Waals surface area (Å²) in [6.07, 6.45) is 1.09. The van der Waals surface area contributed by atoms with Gasteiger partial charge in [0.1, 0.15) is 11.4 Å². The van der Waals surface area contributed by atoms with E-state index in [9.17, 15) is 18.5 Å². The lowest BCUT2D eigenvalue weighted by Gasteiger charge is -2.39. The minimum absolute atomic E-state index is 0.0164. The van der Waals surface area contributed by atoms with Crippen LogP contribution in [0.25, 0.3) is 5.70 Å². The van der Waals surface area contributed by atoms with Crippen LogP contribution in [-0.4, -0.2) is 37.6 Å². The van der Waals surface area contributed by atoms with Crippen molar-refractivity contribution in [3.8, 4) is 11.8 Å². The number of carbonyl (C=O) groups excluding carboxylic acids is 1. The van der Waals surface area contributed by atoms with Gasteiger partial charge in [-0.15, -0.1) is 0 Å². The molecule has 0 atom stereocenters. The van der Waals surface area contributed by atoms with Gasteiger partial charge in [-0.05, 0) is 43.7 Å². The van der Waals surface area contributed by atoms with Crippen molar-refractivity contribution in [2.45, 2.75) is 26.0 Å². The molecule has 0 aromatic heterocycles. The Bertz CT molecular complexity index is 1240. The molecule has 0 aliphatic carbocycles. The monoisotopic (exact) mass is 423 g/mol. The van der Waals surface area contributed by atoms with Crippen LogP contribution in [0.15, 0.2) is 48.0 Å². The molecule has 30 heavy (non-hydrogen) atoms. The Kier molecular flexibility index (Phi) is 4.68. The van der Waals surface area contributed by atoms with Crippen LogP contribution in [0.1, 0.15) is 40.9 Å². The standard InChI is InChI=1S/C22H21N3O4S/c1-22(2)18(12-24-30(3,27)28)20(17-10-14(11-23)8-9-19(17)29-22)25-13-15-6-4-5-7-16(15)21(25)26/h4-10,24H,12-13H2,1-3H3. The molecular formula is C22H21N3O4S. The van der Waals surface area contributed by atoms with Crippen molar-refractivity contribution < 1.29 is 17.9 Å². The quantitative estimate of drug-likeness (QED) is 0.815. The zero-order chi connectivity index (χ0) is 21.7. The second-order valence-corrected chi connectivity index (χ2v) is 9.74. The highest BCUT2D eigenvalue weighted by atomic mass is 32.2. The minimum Gasteiger partial charge on any atom is -0.483 e. The highest BCUT2D eigenvalue weighted by Crippen LogP contribution is 2.44. The zero-order valence-corrected chi connectivity index (χ0v) is 17.7. The van der Waals surface area contributed by atoms with Crippen molar-refractivity contribution in [2.75, 3.05) is 12.8 Å². The lowest BCUT2D eigenvalue weighted by atomic mass is 9.88. The van der Waals surface area contributed by atoms with E-state index in [1.807, 2.05) is 32.0 Å². The summed E-state index contributed by atoms with van der Waals surface area (Å²) >= 11 is 0. The molecule has 2 aliphatic rings. The van der Waals surface area contributed by atoms with E-state index in [1.165, 1.54) is 0 Å². The molecule has 4 rings (SSSR count). The number of nitriles is 1. The number of sulfonamides is 1. The lowest BCUT2D eigenvalue weighted by molar-refractivity contribution is 0.0843. The molecule has 0 radical (unpaired) electrons. The van der Waals surface area contributed by atoms with Crippen LogP contribution in [0.2, 0.25) is 0 Å². The Labute approximate surface area is 175 Å².